The van der Waals surface area contributed by atoms with Gasteiger partial charge in [0.2, 0.25) is 0 Å². The first kappa shape index (κ1) is 27.4. The van der Waals surface area contributed by atoms with Crippen molar-refractivity contribution in [2.75, 3.05) is 4.90 Å². The summed E-state index contributed by atoms with van der Waals surface area (Å²) in [6, 6.07) is 62.0. The largest absolute Gasteiger partial charge is 0.311 e. The molecule has 9 rings (SSSR count). The van der Waals surface area contributed by atoms with Gasteiger partial charge in [-0.25, -0.2) is 0 Å². The molecule has 0 saturated carbocycles. The van der Waals surface area contributed by atoms with Crippen LogP contribution in [0, 0.1) is 0 Å². The Hall–Kier alpha value is -5.92. The first-order chi connectivity index (χ1) is 23.3. The van der Waals surface area contributed by atoms with Gasteiger partial charge in [0, 0.05) is 17.1 Å². The van der Waals surface area contributed by atoms with E-state index in [0.717, 1.165) is 29.9 Å². The highest BCUT2D eigenvalue weighted by Crippen LogP contribution is 2.39. The average molecular weight is 600 g/mol. The summed E-state index contributed by atoms with van der Waals surface area (Å²) >= 11 is 0. The molecule has 8 aromatic carbocycles. The SMILES string of the molecule is C1=C(c2ccc(N(c3ccccc3)c3ccc(-c4ccc5ccc6ccccc6c5c4)cc3)cc2)CCc2ccc3ccccc3c21. The molecule has 47 heavy (non-hydrogen) atoms. The molecule has 0 amide bonds. The Morgan fingerprint density at radius 3 is 1.64 bits per heavy atom. The number of benzene rings is 8. The van der Waals surface area contributed by atoms with Crippen LogP contribution in [0.25, 0.3) is 55.1 Å². The van der Waals surface area contributed by atoms with Crippen LogP contribution < -0.4 is 4.90 Å². The molecule has 0 saturated heterocycles. The van der Waals surface area contributed by atoms with Crippen LogP contribution >= 0.6 is 0 Å². The van der Waals surface area contributed by atoms with E-state index in [1.807, 2.05) is 0 Å². The highest BCUT2D eigenvalue weighted by molar-refractivity contribution is 6.08. The second-order valence-electron chi connectivity index (χ2n) is 12.5. The van der Waals surface area contributed by atoms with Gasteiger partial charge < -0.3 is 4.90 Å². The first-order valence-electron chi connectivity index (χ1n) is 16.5. The minimum Gasteiger partial charge on any atom is -0.311 e. The van der Waals surface area contributed by atoms with E-state index in [1.165, 1.54) is 65.7 Å². The van der Waals surface area contributed by atoms with Crippen LogP contribution in [0.5, 0.6) is 0 Å². The fourth-order valence-corrected chi connectivity index (χ4v) is 7.31. The zero-order chi connectivity index (χ0) is 31.2. The number of para-hydroxylation sites is 1. The first-order valence-corrected chi connectivity index (χ1v) is 16.5. The molecule has 1 aliphatic rings. The van der Waals surface area contributed by atoms with E-state index in [9.17, 15) is 0 Å². The lowest BCUT2D eigenvalue weighted by Crippen LogP contribution is -2.09. The highest BCUT2D eigenvalue weighted by Gasteiger charge is 2.17. The standard InChI is InChI=1S/C46H33N/c1-2-10-40(11-3-1)47(41-26-22-32(23-27-41)38-20-18-36-16-14-34-8-4-6-12-43(34)45(36)30-38)42-28-24-33(25-29-42)39-21-19-37-17-15-35-9-5-7-13-44(35)46(37)31-39/h1-18,20,22-31H,19,21H2. The van der Waals surface area contributed by atoms with Crippen LogP contribution in [0.2, 0.25) is 0 Å². The molecule has 0 heterocycles. The Bertz CT molecular complexity index is 2430. The number of nitrogens with zero attached hydrogens (tertiary/aromatic N) is 1. The van der Waals surface area contributed by atoms with Crippen LogP contribution in [-0.2, 0) is 6.42 Å². The van der Waals surface area contributed by atoms with Crippen molar-refractivity contribution in [2.45, 2.75) is 12.8 Å². The van der Waals surface area contributed by atoms with Crippen molar-refractivity contribution in [1.29, 1.82) is 0 Å². The van der Waals surface area contributed by atoms with E-state index in [0.29, 0.717) is 0 Å². The monoisotopic (exact) mass is 599 g/mol. The summed E-state index contributed by atoms with van der Waals surface area (Å²) in [6.45, 7) is 0. The van der Waals surface area contributed by atoms with Gasteiger partial charge in [0.1, 0.15) is 0 Å². The summed E-state index contributed by atoms with van der Waals surface area (Å²) in [6.07, 6.45) is 4.54. The molecular formula is C46H33N. The molecule has 0 aliphatic heterocycles. The second-order valence-corrected chi connectivity index (χ2v) is 12.5. The minimum atomic E-state index is 1.05. The number of hydrogen-bond acceptors (Lipinski definition) is 1. The van der Waals surface area contributed by atoms with Crippen molar-refractivity contribution in [2.24, 2.45) is 0 Å². The molecule has 0 N–H and O–H groups in total. The third-order valence-electron chi connectivity index (χ3n) is 9.76. The van der Waals surface area contributed by atoms with Gasteiger partial charge in [-0.05, 0) is 121 Å². The Kier molecular flexibility index (Phi) is 6.68. The molecule has 0 unspecified atom stereocenters. The fraction of sp³-hybridized carbons (Fsp3) is 0.0435. The maximum absolute atomic E-state index is 2.42. The maximum Gasteiger partial charge on any atom is 0.0462 e. The smallest absolute Gasteiger partial charge is 0.0462 e. The van der Waals surface area contributed by atoms with Crippen molar-refractivity contribution in [3.8, 4) is 11.1 Å². The summed E-state index contributed by atoms with van der Waals surface area (Å²) in [4.78, 5) is 2.35. The van der Waals surface area contributed by atoms with Gasteiger partial charge in [-0.3, -0.25) is 0 Å². The van der Waals surface area contributed by atoms with Gasteiger partial charge in [0.05, 0.1) is 0 Å². The molecule has 0 bridgehead atoms. The van der Waals surface area contributed by atoms with E-state index in [1.54, 1.807) is 0 Å². The van der Waals surface area contributed by atoms with Crippen LogP contribution in [0.4, 0.5) is 17.1 Å². The number of fused-ring (bicyclic) bond motifs is 6. The summed E-state index contributed by atoms with van der Waals surface area (Å²) in [7, 11) is 0. The minimum absolute atomic E-state index is 1.05. The molecule has 0 radical (unpaired) electrons. The molecule has 0 fully saturated rings. The Morgan fingerprint density at radius 1 is 0.362 bits per heavy atom. The third-order valence-corrected chi connectivity index (χ3v) is 9.76. The predicted molar refractivity (Wildman–Crippen MR) is 202 cm³/mol. The van der Waals surface area contributed by atoms with Crippen LogP contribution in [0.1, 0.15) is 23.1 Å². The van der Waals surface area contributed by atoms with Crippen molar-refractivity contribution in [3.05, 3.63) is 187 Å². The van der Waals surface area contributed by atoms with E-state index < -0.39 is 0 Å². The molecule has 0 spiro atoms. The predicted octanol–water partition coefficient (Wildman–Crippen LogP) is 12.8. The van der Waals surface area contributed by atoms with Crippen LogP contribution in [0.3, 0.4) is 0 Å². The Morgan fingerprint density at radius 2 is 0.894 bits per heavy atom. The zero-order valence-electron chi connectivity index (χ0n) is 26.1. The molecule has 1 aliphatic carbocycles. The van der Waals surface area contributed by atoms with E-state index >= 15 is 0 Å². The summed E-state index contributed by atoms with van der Waals surface area (Å²) in [5.74, 6) is 0. The molecule has 1 heteroatoms. The van der Waals surface area contributed by atoms with Gasteiger partial charge in [-0.15, -0.1) is 0 Å². The molecule has 222 valence electrons. The number of aryl methyl sites for hydroxylation is 1. The normalized spacial score (nSPS) is 12.6. The number of anilines is 3. The summed E-state index contributed by atoms with van der Waals surface area (Å²) < 4.78 is 0. The molecular weight excluding hydrogens is 567 g/mol. The molecule has 0 atom stereocenters. The van der Waals surface area contributed by atoms with Crippen LogP contribution in [0.15, 0.2) is 170 Å². The second kappa shape index (κ2) is 11.5. The summed E-state index contributed by atoms with van der Waals surface area (Å²) in [5, 5.41) is 7.77. The van der Waals surface area contributed by atoms with Gasteiger partial charge in [-0.2, -0.15) is 0 Å². The van der Waals surface area contributed by atoms with E-state index in [2.05, 4.69) is 181 Å². The number of hydrogen-bond donors (Lipinski definition) is 0. The molecule has 1 nitrogen and oxygen atoms in total. The van der Waals surface area contributed by atoms with E-state index in [4.69, 9.17) is 0 Å². The number of allylic oxidation sites excluding steroid dienone is 1. The topological polar surface area (TPSA) is 3.24 Å². The molecule has 0 aromatic heterocycles. The third kappa shape index (κ3) is 4.98. The van der Waals surface area contributed by atoms with Gasteiger partial charge >= 0.3 is 0 Å². The fourth-order valence-electron chi connectivity index (χ4n) is 7.31. The van der Waals surface area contributed by atoms with Gasteiger partial charge in [0.25, 0.3) is 0 Å². The van der Waals surface area contributed by atoms with Crippen molar-refractivity contribution in [1.82, 2.24) is 0 Å². The molecule has 8 aromatic rings. The maximum atomic E-state index is 2.42. The average Bonchev–Trinajstić information content (AvgIpc) is 3.15. The Labute approximate surface area is 275 Å². The van der Waals surface area contributed by atoms with Crippen molar-refractivity contribution >= 4 is 61.0 Å². The summed E-state index contributed by atoms with van der Waals surface area (Å²) in [5.41, 5.74) is 11.4. The van der Waals surface area contributed by atoms with Crippen LogP contribution in [-0.4, -0.2) is 0 Å². The van der Waals surface area contributed by atoms with Gasteiger partial charge in [0.15, 0.2) is 0 Å². The quantitative estimate of drug-likeness (QED) is 0.178. The zero-order valence-corrected chi connectivity index (χ0v) is 26.1. The van der Waals surface area contributed by atoms with Gasteiger partial charge in [-0.1, -0.05) is 133 Å². The number of rotatable bonds is 5. The Balaban J connectivity index is 1.06. The highest BCUT2D eigenvalue weighted by atomic mass is 15.1. The van der Waals surface area contributed by atoms with Crippen molar-refractivity contribution in [3.63, 3.8) is 0 Å². The lowest BCUT2D eigenvalue weighted by atomic mass is 9.86. The van der Waals surface area contributed by atoms with Crippen molar-refractivity contribution < 1.29 is 0 Å². The lowest BCUT2D eigenvalue weighted by Gasteiger charge is -2.26. The van der Waals surface area contributed by atoms with E-state index in [-0.39, 0.29) is 0 Å². The lowest BCUT2D eigenvalue weighted by molar-refractivity contribution is 1.01.